The largest absolute Gasteiger partial charge is 0.493 e. The molecule has 2 N–H and O–H groups in total. The van der Waals surface area contributed by atoms with E-state index in [1.54, 1.807) is 25.1 Å². The molecule has 0 bridgehead atoms. The van der Waals surface area contributed by atoms with E-state index in [4.69, 9.17) is 9.47 Å². The zero-order valence-electron chi connectivity index (χ0n) is 15.3. The fourth-order valence-corrected chi connectivity index (χ4v) is 2.68. The van der Waals surface area contributed by atoms with Crippen molar-refractivity contribution in [3.63, 3.8) is 0 Å². The van der Waals surface area contributed by atoms with Crippen molar-refractivity contribution in [2.45, 2.75) is 6.42 Å². The summed E-state index contributed by atoms with van der Waals surface area (Å²) < 4.78 is 12.3. The summed E-state index contributed by atoms with van der Waals surface area (Å²) in [5.41, 5.74) is 2.63. The van der Waals surface area contributed by atoms with Crippen LogP contribution in [0.2, 0.25) is 0 Å². The minimum Gasteiger partial charge on any atom is -0.493 e. The Kier molecular flexibility index (Phi) is 5.94. The molecule has 0 saturated heterocycles. The van der Waals surface area contributed by atoms with Crippen molar-refractivity contribution in [3.05, 3.63) is 66.5 Å². The Bertz CT molecular complexity index is 894. The third-order valence-electron chi connectivity index (χ3n) is 4.02. The Morgan fingerprint density at radius 2 is 1.93 bits per heavy atom. The van der Waals surface area contributed by atoms with Crippen LogP contribution in [0.15, 0.2) is 60.9 Å². The second-order valence-corrected chi connectivity index (χ2v) is 5.82. The third-order valence-corrected chi connectivity index (χ3v) is 4.02. The summed E-state index contributed by atoms with van der Waals surface area (Å²) in [5.74, 6) is 1.36. The molecule has 3 aromatic rings. The van der Waals surface area contributed by atoms with Crippen LogP contribution in [0.4, 0.5) is 10.5 Å². The van der Waals surface area contributed by atoms with Crippen molar-refractivity contribution in [2.75, 3.05) is 26.1 Å². The number of urea groups is 1. The molecule has 140 valence electrons. The van der Waals surface area contributed by atoms with Crippen molar-refractivity contribution in [1.82, 2.24) is 15.1 Å². The van der Waals surface area contributed by atoms with Crippen LogP contribution in [0.5, 0.6) is 11.5 Å². The summed E-state index contributed by atoms with van der Waals surface area (Å²) in [5, 5.41) is 9.88. The average Bonchev–Trinajstić information content (AvgIpc) is 3.23. The highest BCUT2D eigenvalue weighted by Gasteiger charge is 2.06. The Hall–Kier alpha value is -3.48. The number of anilines is 1. The molecular weight excluding hydrogens is 344 g/mol. The molecule has 0 spiro atoms. The summed E-state index contributed by atoms with van der Waals surface area (Å²) >= 11 is 0. The SMILES string of the molecule is COc1ccc(CCNC(=O)Nc2cccc(-n3cccn3)c2)cc1OC. The van der Waals surface area contributed by atoms with Gasteiger partial charge in [0.1, 0.15) is 0 Å². The molecular formula is C20H22N4O3. The van der Waals surface area contributed by atoms with Crippen LogP contribution < -0.4 is 20.1 Å². The van der Waals surface area contributed by atoms with Gasteiger partial charge in [0.25, 0.3) is 0 Å². The van der Waals surface area contributed by atoms with E-state index in [2.05, 4.69) is 15.7 Å². The van der Waals surface area contributed by atoms with E-state index in [-0.39, 0.29) is 6.03 Å². The molecule has 0 aliphatic rings. The lowest BCUT2D eigenvalue weighted by Crippen LogP contribution is -2.30. The average molecular weight is 366 g/mol. The Morgan fingerprint density at radius 3 is 2.67 bits per heavy atom. The Balaban J connectivity index is 1.52. The van der Waals surface area contributed by atoms with E-state index in [1.807, 2.05) is 54.7 Å². The van der Waals surface area contributed by atoms with Gasteiger partial charge in [-0.15, -0.1) is 0 Å². The minimum absolute atomic E-state index is 0.256. The van der Waals surface area contributed by atoms with Crippen LogP contribution in [0.1, 0.15) is 5.56 Å². The number of benzene rings is 2. The molecule has 3 rings (SSSR count). The highest BCUT2D eigenvalue weighted by molar-refractivity contribution is 5.89. The smallest absolute Gasteiger partial charge is 0.319 e. The maximum Gasteiger partial charge on any atom is 0.319 e. The van der Waals surface area contributed by atoms with Crippen molar-refractivity contribution in [3.8, 4) is 17.2 Å². The van der Waals surface area contributed by atoms with Gasteiger partial charge >= 0.3 is 6.03 Å². The maximum atomic E-state index is 12.1. The maximum absolute atomic E-state index is 12.1. The van der Waals surface area contributed by atoms with Crippen LogP contribution in [-0.4, -0.2) is 36.6 Å². The fraction of sp³-hybridized carbons (Fsp3) is 0.200. The molecule has 2 aromatic carbocycles. The van der Waals surface area contributed by atoms with E-state index < -0.39 is 0 Å². The van der Waals surface area contributed by atoms with Gasteiger partial charge in [0.2, 0.25) is 0 Å². The highest BCUT2D eigenvalue weighted by Crippen LogP contribution is 2.27. The minimum atomic E-state index is -0.256. The van der Waals surface area contributed by atoms with E-state index in [0.717, 1.165) is 11.3 Å². The topological polar surface area (TPSA) is 77.4 Å². The third kappa shape index (κ3) is 4.78. The number of nitrogens with one attached hydrogen (secondary N) is 2. The second kappa shape index (κ2) is 8.75. The van der Waals surface area contributed by atoms with E-state index in [1.165, 1.54) is 0 Å². The number of ether oxygens (including phenoxy) is 2. The number of nitrogens with zero attached hydrogens (tertiary/aromatic N) is 2. The highest BCUT2D eigenvalue weighted by atomic mass is 16.5. The van der Waals surface area contributed by atoms with E-state index >= 15 is 0 Å². The van der Waals surface area contributed by atoms with Crippen molar-refractivity contribution in [1.29, 1.82) is 0 Å². The van der Waals surface area contributed by atoms with Gasteiger partial charge in [-0.3, -0.25) is 0 Å². The van der Waals surface area contributed by atoms with Crippen LogP contribution in [0.3, 0.4) is 0 Å². The second-order valence-electron chi connectivity index (χ2n) is 5.82. The number of hydrogen-bond donors (Lipinski definition) is 2. The first-order valence-corrected chi connectivity index (χ1v) is 8.55. The number of carbonyl (C=O) groups is 1. The molecule has 7 nitrogen and oxygen atoms in total. The summed E-state index contributed by atoms with van der Waals surface area (Å²) in [6.07, 6.45) is 4.24. The Morgan fingerprint density at radius 1 is 1.07 bits per heavy atom. The fourth-order valence-electron chi connectivity index (χ4n) is 2.68. The number of hydrogen-bond acceptors (Lipinski definition) is 4. The lowest BCUT2D eigenvalue weighted by Gasteiger charge is -2.11. The molecule has 1 heterocycles. The quantitative estimate of drug-likeness (QED) is 0.673. The predicted molar refractivity (Wildman–Crippen MR) is 104 cm³/mol. The van der Waals surface area contributed by atoms with Crippen molar-refractivity contribution >= 4 is 11.7 Å². The van der Waals surface area contributed by atoms with Crippen LogP contribution in [0, 0.1) is 0 Å². The molecule has 27 heavy (non-hydrogen) atoms. The number of rotatable bonds is 7. The first-order chi connectivity index (χ1) is 13.2. The van der Waals surface area contributed by atoms with Crippen LogP contribution in [0.25, 0.3) is 5.69 Å². The van der Waals surface area contributed by atoms with Gasteiger partial charge in [-0.25, -0.2) is 9.48 Å². The Labute approximate surface area is 157 Å². The standard InChI is InChI=1S/C20H22N4O3/c1-26-18-8-7-15(13-19(18)27-2)9-11-21-20(25)23-16-5-3-6-17(14-16)24-12-4-10-22-24/h3-8,10,12-14H,9,11H2,1-2H3,(H2,21,23,25). The van der Waals surface area contributed by atoms with Crippen LogP contribution >= 0.6 is 0 Å². The molecule has 0 aliphatic heterocycles. The predicted octanol–water partition coefficient (Wildman–Crippen LogP) is 3.25. The summed E-state index contributed by atoms with van der Waals surface area (Å²) in [7, 11) is 3.20. The molecule has 0 aliphatic carbocycles. The van der Waals surface area contributed by atoms with Gasteiger partial charge in [-0.05, 0) is 48.4 Å². The van der Waals surface area contributed by atoms with Crippen molar-refractivity contribution in [2.24, 2.45) is 0 Å². The molecule has 0 saturated carbocycles. The summed E-state index contributed by atoms with van der Waals surface area (Å²) in [4.78, 5) is 12.1. The van der Waals surface area contributed by atoms with E-state index in [9.17, 15) is 4.79 Å². The molecule has 0 unspecified atom stereocenters. The molecule has 0 atom stereocenters. The van der Waals surface area contributed by atoms with Gasteiger partial charge in [0.15, 0.2) is 11.5 Å². The molecule has 2 amide bonds. The van der Waals surface area contributed by atoms with E-state index in [0.29, 0.717) is 30.2 Å². The number of aromatic nitrogens is 2. The molecule has 1 aromatic heterocycles. The lowest BCUT2D eigenvalue weighted by molar-refractivity contribution is 0.252. The normalized spacial score (nSPS) is 10.3. The van der Waals surface area contributed by atoms with Gasteiger partial charge in [0, 0.05) is 24.6 Å². The monoisotopic (exact) mass is 366 g/mol. The van der Waals surface area contributed by atoms with Gasteiger partial charge in [0.05, 0.1) is 19.9 Å². The molecule has 0 radical (unpaired) electrons. The first kappa shape index (κ1) is 18.3. The van der Waals surface area contributed by atoms with Crippen LogP contribution in [-0.2, 0) is 6.42 Å². The summed E-state index contributed by atoms with van der Waals surface area (Å²) in [6, 6.07) is 14.8. The van der Waals surface area contributed by atoms with Gasteiger partial charge < -0.3 is 20.1 Å². The van der Waals surface area contributed by atoms with Gasteiger partial charge in [-0.1, -0.05) is 12.1 Å². The molecule has 0 fully saturated rings. The molecule has 7 heteroatoms. The first-order valence-electron chi connectivity index (χ1n) is 8.55. The zero-order valence-corrected chi connectivity index (χ0v) is 15.3. The van der Waals surface area contributed by atoms with Crippen molar-refractivity contribution < 1.29 is 14.3 Å². The lowest BCUT2D eigenvalue weighted by atomic mass is 10.1. The van der Waals surface area contributed by atoms with Gasteiger partial charge in [-0.2, -0.15) is 5.10 Å². The number of carbonyl (C=O) groups excluding carboxylic acids is 1. The number of amides is 2. The number of methoxy groups -OCH3 is 2. The summed E-state index contributed by atoms with van der Waals surface area (Å²) in [6.45, 7) is 0.500. The zero-order chi connectivity index (χ0) is 19.1.